The summed E-state index contributed by atoms with van der Waals surface area (Å²) in [7, 11) is 0. The Bertz CT molecular complexity index is 968. The van der Waals surface area contributed by atoms with Crippen LogP contribution in [0.4, 0.5) is 8.78 Å². The summed E-state index contributed by atoms with van der Waals surface area (Å²) in [4.78, 5) is 0. The van der Waals surface area contributed by atoms with Gasteiger partial charge in [-0.2, -0.15) is 0 Å². The first kappa shape index (κ1) is 25.2. The molecule has 2 aliphatic rings. The third-order valence-corrected chi connectivity index (χ3v) is 6.75. The van der Waals surface area contributed by atoms with Gasteiger partial charge in [0.1, 0.15) is 48.3 Å². The van der Waals surface area contributed by atoms with Crippen LogP contribution in [0.3, 0.4) is 0 Å². The van der Waals surface area contributed by atoms with Gasteiger partial charge in [0.05, 0.1) is 19.8 Å². The fourth-order valence-corrected chi connectivity index (χ4v) is 4.26. The summed E-state index contributed by atoms with van der Waals surface area (Å²) in [5.41, 5.74) is 0.900. The highest BCUT2D eigenvalue weighted by atomic mass is 35.5. The summed E-state index contributed by atoms with van der Waals surface area (Å²) in [6.07, 6.45) is -8.35. The van der Waals surface area contributed by atoms with Crippen LogP contribution in [0, 0.1) is 5.41 Å². The molecule has 186 valence electrons. The highest BCUT2D eigenvalue weighted by molar-refractivity contribution is 6.31. The van der Waals surface area contributed by atoms with E-state index in [9.17, 15) is 29.2 Å². The lowest BCUT2D eigenvalue weighted by molar-refractivity contribution is -0.231. The summed E-state index contributed by atoms with van der Waals surface area (Å²) in [5, 5.41) is 40.4. The lowest BCUT2D eigenvalue weighted by Crippen LogP contribution is -2.55. The van der Waals surface area contributed by atoms with Crippen molar-refractivity contribution in [3.8, 4) is 5.75 Å². The zero-order valence-corrected chi connectivity index (χ0v) is 18.9. The number of hydrogen-bond donors (Lipinski definition) is 4. The van der Waals surface area contributed by atoms with Crippen LogP contribution in [-0.2, 0) is 15.9 Å². The first-order valence-electron chi connectivity index (χ1n) is 10.9. The van der Waals surface area contributed by atoms with E-state index in [4.69, 9.17) is 25.8 Å². The van der Waals surface area contributed by atoms with Crippen molar-refractivity contribution in [2.24, 2.45) is 5.41 Å². The third kappa shape index (κ3) is 5.06. The van der Waals surface area contributed by atoms with Crippen LogP contribution in [0.2, 0.25) is 5.02 Å². The molecule has 2 aliphatic heterocycles. The van der Waals surface area contributed by atoms with Gasteiger partial charge in [0, 0.05) is 5.02 Å². The standard InChI is InChI=1S/C24H27ClF2O7/c25-17-6-3-14(22-21(31)20(30)19(29)18(9-28)34-22)8-15(17)7-13-1-4-16(5-2-13)33-12-24(23(26)27)10-32-11-24/h1-6,8,18-23,28-31H,7,9-12H2/t18-,19-,20+,21-,22+/m1/s1. The van der Waals surface area contributed by atoms with Gasteiger partial charge in [-0.15, -0.1) is 0 Å². The zero-order chi connectivity index (χ0) is 24.5. The minimum absolute atomic E-state index is 0.0218. The van der Waals surface area contributed by atoms with E-state index in [2.05, 4.69) is 0 Å². The quantitative estimate of drug-likeness (QED) is 0.439. The van der Waals surface area contributed by atoms with E-state index in [-0.39, 0.29) is 19.8 Å². The first-order chi connectivity index (χ1) is 16.2. The highest BCUT2D eigenvalue weighted by Gasteiger charge is 2.48. The largest absolute Gasteiger partial charge is 0.493 e. The van der Waals surface area contributed by atoms with Crippen molar-refractivity contribution >= 4 is 11.6 Å². The molecule has 2 aromatic rings. The zero-order valence-electron chi connectivity index (χ0n) is 18.2. The Morgan fingerprint density at radius 3 is 2.32 bits per heavy atom. The van der Waals surface area contributed by atoms with Gasteiger partial charge >= 0.3 is 0 Å². The Labute approximate surface area is 200 Å². The lowest BCUT2D eigenvalue weighted by Gasteiger charge is -2.40. The van der Waals surface area contributed by atoms with Crippen LogP contribution in [0.5, 0.6) is 5.75 Å². The first-order valence-corrected chi connectivity index (χ1v) is 11.3. The smallest absolute Gasteiger partial charge is 0.251 e. The van der Waals surface area contributed by atoms with Crippen molar-refractivity contribution in [3.63, 3.8) is 0 Å². The maximum Gasteiger partial charge on any atom is 0.251 e. The maximum atomic E-state index is 13.2. The summed E-state index contributed by atoms with van der Waals surface area (Å²) in [6, 6.07) is 12.0. The number of alkyl halides is 2. The average molecular weight is 501 g/mol. The predicted molar refractivity (Wildman–Crippen MR) is 118 cm³/mol. The van der Waals surface area contributed by atoms with Crippen molar-refractivity contribution in [1.82, 2.24) is 0 Å². The van der Waals surface area contributed by atoms with E-state index >= 15 is 0 Å². The molecule has 34 heavy (non-hydrogen) atoms. The predicted octanol–water partition coefficient (Wildman–Crippen LogP) is 2.11. The summed E-state index contributed by atoms with van der Waals surface area (Å²) in [5.74, 6) is 0.469. The second-order valence-corrected chi connectivity index (χ2v) is 9.27. The number of rotatable bonds is 8. The van der Waals surface area contributed by atoms with Gasteiger partial charge in [-0.25, -0.2) is 8.78 Å². The van der Waals surface area contributed by atoms with Crippen LogP contribution < -0.4 is 4.74 Å². The molecule has 2 aromatic carbocycles. The molecule has 4 N–H and O–H groups in total. The summed E-state index contributed by atoms with van der Waals surface area (Å²) < 4.78 is 42.6. The molecule has 0 unspecified atom stereocenters. The fraction of sp³-hybridized carbons (Fsp3) is 0.500. The molecule has 0 saturated carbocycles. The molecule has 2 fully saturated rings. The van der Waals surface area contributed by atoms with Gasteiger partial charge in [-0.05, 0) is 41.3 Å². The van der Waals surface area contributed by atoms with Crippen molar-refractivity contribution in [2.75, 3.05) is 26.4 Å². The fourth-order valence-electron chi connectivity index (χ4n) is 4.07. The van der Waals surface area contributed by atoms with Crippen molar-refractivity contribution < 1.29 is 43.4 Å². The van der Waals surface area contributed by atoms with Crippen LogP contribution in [-0.4, -0.2) is 77.7 Å². The lowest BCUT2D eigenvalue weighted by atomic mass is 9.87. The second-order valence-electron chi connectivity index (χ2n) is 8.87. The molecule has 5 atom stereocenters. The van der Waals surface area contributed by atoms with E-state index < -0.39 is 49.0 Å². The normalized spacial score (nSPS) is 28.5. The number of benzene rings is 2. The Hall–Kier alpha value is -1.85. The number of halogens is 3. The van der Waals surface area contributed by atoms with E-state index in [1.165, 1.54) is 0 Å². The van der Waals surface area contributed by atoms with Crippen LogP contribution >= 0.6 is 11.6 Å². The van der Waals surface area contributed by atoms with Crippen molar-refractivity contribution in [2.45, 2.75) is 43.4 Å². The Balaban J connectivity index is 1.44. The molecule has 4 rings (SSSR count). The van der Waals surface area contributed by atoms with Gasteiger partial charge < -0.3 is 34.6 Å². The SMILES string of the molecule is OC[C@H]1O[C@@H](c2ccc(Cl)c(Cc3ccc(OCC4(C(F)F)COC4)cc3)c2)[C@H](O)[C@@H](O)[C@@H]1O. The van der Waals surface area contributed by atoms with Crippen LogP contribution in [0.15, 0.2) is 42.5 Å². The Morgan fingerprint density at radius 2 is 1.74 bits per heavy atom. The summed E-state index contributed by atoms with van der Waals surface area (Å²) >= 11 is 6.37. The van der Waals surface area contributed by atoms with Crippen molar-refractivity contribution in [3.05, 3.63) is 64.2 Å². The minimum Gasteiger partial charge on any atom is -0.493 e. The molecule has 7 nitrogen and oxygen atoms in total. The van der Waals surface area contributed by atoms with Crippen molar-refractivity contribution in [1.29, 1.82) is 0 Å². The number of aliphatic hydroxyl groups is 4. The van der Waals surface area contributed by atoms with E-state index in [0.29, 0.717) is 22.8 Å². The number of hydrogen-bond acceptors (Lipinski definition) is 7. The Morgan fingerprint density at radius 1 is 1.03 bits per heavy atom. The maximum absolute atomic E-state index is 13.2. The Kier molecular flexibility index (Phi) is 7.73. The van der Waals surface area contributed by atoms with Crippen LogP contribution in [0.1, 0.15) is 22.8 Å². The molecular weight excluding hydrogens is 474 g/mol. The molecule has 0 radical (unpaired) electrons. The van der Waals surface area contributed by atoms with Gasteiger partial charge in [0.2, 0.25) is 0 Å². The highest BCUT2D eigenvalue weighted by Crippen LogP contribution is 2.36. The van der Waals surface area contributed by atoms with Crippen LogP contribution in [0.25, 0.3) is 0 Å². The molecule has 2 heterocycles. The third-order valence-electron chi connectivity index (χ3n) is 6.38. The molecule has 2 saturated heterocycles. The van der Waals surface area contributed by atoms with Gasteiger partial charge in [0.15, 0.2) is 0 Å². The molecule has 10 heteroatoms. The van der Waals surface area contributed by atoms with Gasteiger partial charge in [0.25, 0.3) is 6.43 Å². The number of aliphatic hydroxyl groups excluding tert-OH is 4. The van der Waals surface area contributed by atoms with E-state index in [0.717, 1.165) is 11.1 Å². The second kappa shape index (κ2) is 10.4. The molecule has 0 amide bonds. The molecule has 0 spiro atoms. The summed E-state index contributed by atoms with van der Waals surface area (Å²) in [6.45, 7) is -0.684. The van der Waals surface area contributed by atoms with Gasteiger partial charge in [-0.3, -0.25) is 0 Å². The van der Waals surface area contributed by atoms with E-state index in [1.54, 1.807) is 42.5 Å². The molecule has 0 bridgehead atoms. The van der Waals surface area contributed by atoms with Gasteiger partial charge in [-0.1, -0.05) is 35.9 Å². The monoisotopic (exact) mass is 500 g/mol. The number of ether oxygens (including phenoxy) is 3. The minimum atomic E-state index is -2.52. The molecule has 0 aliphatic carbocycles. The van der Waals surface area contributed by atoms with E-state index in [1.807, 2.05) is 0 Å². The topological polar surface area (TPSA) is 109 Å². The average Bonchev–Trinajstić information content (AvgIpc) is 2.79. The molecule has 0 aromatic heterocycles. The molecular formula is C24H27ClF2O7.